The van der Waals surface area contributed by atoms with Crippen LogP contribution in [0.3, 0.4) is 0 Å². The fraction of sp³-hybridized carbons (Fsp3) is 0.222. The molecule has 0 saturated carbocycles. The van der Waals surface area contributed by atoms with E-state index in [4.69, 9.17) is 9.47 Å². The van der Waals surface area contributed by atoms with Gasteiger partial charge in [0.2, 0.25) is 0 Å². The molecule has 5 nitrogen and oxygen atoms in total. The zero-order valence-electron chi connectivity index (χ0n) is 13.2. The number of nitrogens with one attached hydrogen (secondary N) is 1. The van der Waals surface area contributed by atoms with Crippen molar-refractivity contribution in [2.75, 3.05) is 13.7 Å². The lowest BCUT2D eigenvalue weighted by molar-refractivity contribution is 0.185. The van der Waals surface area contributed by atoms with Gasteiger partial charge in [0, 0.05) is 18.2 Å². The second-order valence-corrected chi connectivity index (χ2v) is 5.06. The third-order valence-corrected chi connectivity index (χ3v) is 3.46. The van der Waals surface area contributed by atoms with E-state index in [1.54, 1.807) is 7.11 Å². The predicted molar refractivity (Wildman–Crippen MR) is 89.1 cm³/mol. The number of H-pyrrole nitrogens is 1. The Hall–Kier alpha value is -2.66. The smallest absolute Gasteiger partial charge is 0.181 e. The molecule has 1 heterocycles. The molecule has 0 radical (unpaired) electrons. The molecule has 0 unspecified atom stereocenters. The summed E-state index contributed by atoms with van der Waals surface area (Å²) in [5, 5.41) is 7.35. The monoisotopic (exact) mass is 309 g/mol. The molecule has 3 aromatic rings. The molecular weight excluding hydrogens is 290 g/mol. The fourth-order valence-corrected chi connectivity index (χ4v) is 2.44. The Morgan fingerprint density at radius 3 is 2.78 bits per heavy atom. The normalized spacial score (nSPS) is 10.7. The van der Waals surface area contributed by atoms with Crippen molar-refractivity contribution in [2.45, 2.75) is 13.5 Å². The van der Waals surface area contributed by atoms with Crippen LogP contribution < -0.4 is 4.74 Å². The zero-order valence-corrected chi connectivity index (χ0v) is 13.2. The molecule has 0 spiro atoms. The van der Waals surface area contributed by atoms with Crippen LogP contribution in [0.2, 0.25) is 0 Å². The van der Waals surface area contributed by atoms with Crippen molar-refractivity contribution in [3.63, 3.8) is 0 Å². The summed E-state index contributed by atoms with van der Waals surface area (Å²) in [6, 6.07) is 15.8. The van der Waals surface area contributed by atoms with Crippen molar-refractivity contribution >= 4 is 0 Å². The van der Waals surface area contributed by atoms with Crippen molar-refractivity contribution in [2.24, 2.45) is 0 Å². The van der Waals surface area contributed by atoms with Crippen LogP contribution in [0, 0.1) is 0 Å². The number of aromatic nitrogens is 3. The van der Waals surface area contributed by atoms with E-state index in [9.17, 15) is 0 Å². The van der Waals surface area contributed by atoms with Crippen LogP contribution in [-0.2, 0) is 11.3 Å². The first kappa shape index (κ1) is 15.2. The number of hydrogen-bond donors (Lipinski definition) is 1. The van der Waals surface area contributed by atoms with Crippen molar-refractivity contribution in [1.29, 1.82) is 0 Å². The summed E-state index contributed by atoms with van der Waals surface area (Å²) in [5.41, 5.74) is 2.98. The van der Waals surface area contributed by atoms with E-state index in [1.807, 2.05) is 55.5 Å². The molecule has 0 atom stereocenters. The van der Waals surface area contributed by atoms with Gasteiger partial charge in [-0.2, -0.15) is 5.10 Å². The standard InChI is InChI=1S/C18H19N3O2/c1-3-23-15-9-6-8-13(11-15)17-19-18(21-20-17)16-10-5-4-7-14(16)12-22-2/h4-11H,3,12H2,1-2H3,(H,19,20,21). The molecular formula is C18H19N3O2. The lowest BCUT2D eigenvalue weighted by Crippen LogP contribution is -1.93. The SMILES string of the molecule is CCOc1cccc(-c2n[nH]c(-c3ccccc3COC)n2)c1. The molecule has 0 aliphatic rings. The molecule has 0 aliphatic carbocycles. The van der Waals surface area contributed by atoms with Gasteiger partial charge >= 0.3 is 0 Å². The van der Waals surface area contributed by atoms with Crippen molar-refractivity contribution in [3.05, 3.63) is 54.1 Å². The van der Waals surface area contributed by atoms with Crippen LogP contribution in [0.25, 0.3) is 22.8 Å². The molecule has 5 heteroatoms. The van der Waals surface area contributed by atoms with E-state index in [0.717, 1.165) is 28.3 Å². The van der Waals surface area contributed by atoms with E-state index < -0.39 is 0 Å². The van der Waals surface area contributed by atoms with Gasteiger partial charge in [0.05, 0.1) is 13.2 Å². The second kappa shape index (κ2) is 7.07. The van der Waals surface area contributed by atoms with Crippen LogP contribution in [0.1, 0.15) is 12.5 Å². The molecule has 0 bridgehead atoms. The Morgan fingerprint density at radius 2 is 1.96 bits per heavy atom. The quantitative estimate of drug-likeness (QED) is 0.754. The molecule has 118 valence electrons. The third kappa shape index (κ3) is 3.40. The first-order valence-electron chi connectivity index (χ1n) is 7.54. The Labute approximate surface area is 135 Å². The van der Waals surface area contributed by atoms with Gasteiger partial charge in [-0.3, -0.25) is 5.10 Å². The number of hydrogen-bond acceptors (Lipinski definition) is 4. The number of aromatic amines is 1. The van der Waals surface area contributed by atoms with Crippen LogP contribution in [0.4, 0.5) is 0 Å². The van der Waals surface area contributed by atoms with Gasteiger partial charge in [-0.1, -0.05) is 36.4 Å². The highest BCUT2D eigenvalue weighted by Gasteiger charge is 2.11. The lowest BCUT2D eigenvalue weighted by atomic mass is 10.1. The number of benzene rings is 2. The average molecular weight is 309 g/mol. The zero-order chi connectivity index (χ0) is 16.1. The average Bonchev–Trinajstić information content (AvgIpc) is 3.06. The molecule has 3 rings (SSSR count). The van der Waals surface area contributed by atoms with Crippen molar-refractivity contribution in [1.82, 2.24) is 15.2 Å². The van der Waals surface area contributed by atoms with Crippen LogP contribution in [0.15, 0.2) is 48.5 Å². The largest absolute Gasteiger partial charge is 0.494 e. The van der Waals surface area contributed by atoms with Gasteiger partial charge < -0.3 is 9.47 Å². The van der Waals surface area contributed by atoms with Gasteiger partial charge in [-0.25, -0.2) is 4.98 Å². The second-order valence-electron chi connectivity index (χ2n) is 5.06. The minimum Gasteiger partial charge on any atom is -0.494 e. The summed E-state index contributed by atoms with van der Waals surface area (Å²) in [4.78, 5) is 4.62. The Bertz CT molecular complexity index is 783. The molecule has 1 aromatic heterocycles. The number of rotatable bonds is 6. The molecule has 2 aromatic carbocycles. The summed E-state index contributed by atoms with van der Waals surface area (Å²) in [5.74, 6) is 2.19. The molecule has 0 aliphatic heterocycles. The molecule has 1 N–H and O–H groups in total. The first-order valence-corrected chi connectivity index (χ1v) is 7.54. The first-order chi connectivity index (χ1) is 11.3. The Balaban J connectivity index is 1.93. The van der Waals surface area contributed by atoms with Gasteiger partial charge in [-0.15, -0.1) is 0 Å². The maximum atomic E-state index is 5.53. The summed E-state index contributed by atoms with van der Waals surface area (Å²) in [6.45, 7) is 3.13. The number of ether oxygens (including phenoxy) is 2. The highest BCUT2D eigenvalue weighted by molar-refractivity contribution is 5.64. The number of methoxy groups -OCH3 is 1. The fourth-order valence-electron chi connectivity index (χ4n) is 2.44. The van der Waals surface area contributed by atoms with Gasteiger partial charge in [-0.05, 0) is 24.6 Å². The van der Waals surface area contributed by atoms with Gasteiger partial charge in [0.25, 0.3) is 0 Å². The maximum absolute atomic E-state index is 5.53. The highest BCUT2D eigenvalue weighted by atomic mass is 16.5. The van der Waals surface area contributed by atoms with Crippen molar-refractivity contribution < 1.29 is 9.47 Å². The van der Waals surface area contributed by atoms with Crippen molar-refractivity contribution in [3.8, 4) is 28.5 Å². The summed E-state index contributed by atoms with van der Waals surface area (Å²) in [7, 11) is 1.68. The predicted octanol–water partition coefficient (Wildman–Crippen LogP) is 3.68. The molecule has 23 heavy (non-hydrogen) atoms. The minimum absolute atomic E-state index is 0.534. The van der Waals surface area contributed by atoms with E-state index in [2.05, 4.69) is 15.2 Å². The third-order valence-electron chi connectivity index (χ3n) is 3.46. The molecule has 0 amide bonds. The Morgan fingerprint density at radius 1 is 1.09 bits per heavy atom. The van der Waals surface area contributed by atoms with Gasteiger partial charge in [0.1, 0.15) is 5.75 Å². The van der Waals surface area contributed by atoms with E-state index in [0.29, 0.717) is 19.0 Å². The summed E-state index contributed by atoms with van der Waals surface area (Å²) < 4.78 is 10.8. The minimum atomic E-state index is 0.534. The van der Waals surface area contributed by atoms with Crippen LogP contribution >= 0.6 is 0 Å². The topological polar surface area (TPSA) is 60.0 Å². The van der Waals surface area contributed by atoms with E-state index >= 15 is 0 Å². The van der Waals surface area contributed by atoms with Crippen LogP contribution in [-0.4, -0.2) is 28.9 Å². The lowest BCUT2D eigenvalue weighted by Gasteiger charge is -2.05. The number of nitrogens with zero attached hydrogens (tertiary/aromatic N) is 2. The van der Waals surface area contributed by atoms with E-state index in [1.165, 1.54) is 0 Å². The van der Waals surface area contributed by atoms with E-state index in [-0.39, 0.29) is 0 Å². The maximum Gasteiger partial charge on any atom is 0.181 e. The molecule has 0 saturated heterocycles. The Kier molecular flexibility index (Phi) is 4.68. The van der Waals surface area contributed by atoms with Gasteiger partial charge in [0.15, 0.2) is 11.6 Å². The molecule has 0 fully saturated rings. The summed E-state index contributed by atoms with van der Waals surface area (Å²) >= 11 is 0. The summed E-state index contributed by atoms with van der Waals surface area (Å²) in [6.07, 6.45) is 0. The van der Waals surface area contributed by atoms with Crippen LogP contribution in [0.5, 0.6) is 5.75 Å². The highest BCUT2D eigenvalue weighted by Crippen LogP contribution is 2.25.